The van der Waals surface area contributed by atoms with Crippen LogP contribution < -0.4 is 10.6 Å². The van der Waals surface area contributed by atoms with Crippen LogP contribution in [-0.2, 0) is 0 Å². The second-order valence-electron chi connectivity index (χ2n) is 3.32. The molecule has 4 heteroatoms. The van der Waals surface area contributed by atoms with Crippen LogP contribution in [0.4, 0.5) is 10.5 Å². The summed E-state index contributed by atoms with van der Waals surface area (Å²) in [7, 11) is 0. The molecule has 15 heavy (non-hydrogen) atoms. The number of rotatable bonds is 4. The molecular formula is C11H15BrN2O. The van der Waals surface area contributed by atoms with Gasteiger partial charge in [0.2, 0.25) is 0 Å². The van der Waals surface area contributed by atoms with Gasteiger partial charge in [-0.2, -0.15) is 0 Å². The number of urea groups is 1. The summed E-state index contributed by atoms with van der Waals surface area (Å²) in [4.78, 5) is 12.8. The van der Waals surface area contributed by atoms with Gasteiger partial charge in [0.1, 0.15) is 0 Å². The number of amides is 2. The zero-order chi connectivity index (χ0) is 11.3. The molecule has 1 aromatic rings. The maximum Gasteiger partial charge on any atom is 0.319 e. The molecule has 0 aliphatic heterocycles. The maximum absolute atomic E-state index is 11.2. The molecule has 0 aliphatic rings. The van der Waals surface area contributed by atoms with Gasteiger partial charge in [0.15, 0.2) is 0 Å². The van der Waals surface area contributed by atoms with Crippen molar-refractivity contribution in [3.05, 3.63) is 28.7 Å². The van der Waals surface area contributed by atoms with E-state index in [1.54, 1.807) is 4.90 Å². The fraction of sp³-hybridized carbons (Fsp3) is 0.364. The Morgan fingerprint density at radius 1 is 1.53 bits per heavy atom. The summed E-state index contributed by atoms with van der Waals surface area (Å²) >= 11 is 3.37. The summed E-state index contributed by atoms with van der Waals surface area (Å²) in [5, 5.41) is 0. The molecular weight excluding hydrogens is 256 g/mol. The molecule has 2 N–H and O–H groups in total. The Morgan fingerprint density at radius 2 is 2.27 bits per heavy atom. The van der Waals surface area contributed by atoms with Gasteiger partial charge in [-0.1, -0.05) is 35.3 Å². The number of halogens is 1. The van der Waals surface area contributed by atoms with Crippen LogP contribution in [0, 0.1) is 0 Å². The molecule has 1 rings (SSSR count). The Kier molecular flexibility index (Phi) is 4.62. The molecule has 3 nitrogen and oxygen atoms in total. The molecule has 0 unspecified atom stereocenters. The third-order valence-electron chi connectivity index (χ3n) is 2.12. The van der Waals surface area contributed by atoms with Gasteiger partial charge in [0.25, 0.3) is 0 Å². The molecule has 0 radical (unpaired) electrons. The van der Waals surface area contributed by atoms with Crippen LogP contribution in [0.25, 0.3) is 0 Å². The zero-order valence-corrected chi connectivity index (χ0v) is 10.3. The second kappa shape index (κ2) is 5.75. The van der Waals surface area contributed by atoms with Crippen molar-refractivity contribution in [1.82, 2.24) is 0 Å². The van der Waals surface area contributed by atoms with E-state index < -0.39 is 6.03 Å². The normalized spacial score (nSPS) is 10.0. The molecule has 2 amide bonds. The quantitative estimate of drug-likeness (QED) is 0.898. The third kappa shape index (κ3) is 3.55. The number of nitrogens with two attached hydrogens (primary N) is 1. The lowest BCUT2D eigenvalue weighted by Crippen LogP contribution is -2.36. The highest BCUT2D eigenvalue weighted by atomic mass is 79.9. The predicted octanol–water partition coefficient (Wildman–Crippen LogP) is 3.13. The average Bonchev–Trinajstić information content (AvgIpc) is 2.18. The number of nitrogens with zero attached hydrogens (tertiary/aromatic N) is 1. The van der Waals surface area contributed by atoms with E-state index in [0.717, 1.165) is 23.0 Å². The van der Waals surface area contributed by atoms with Crippen molar-refractivity contribution in [3.63, 3.8) is 0 Å². The molecule has 0 saturated carbocycles. The SMILES string of the molecule is CCCCN(C(N)=O)c1cccc(Br)c1. The van der Waals surface area contributed by atoms with Gasteiger partial charge in [0.05, 0.1) is 0 Å². The Morgan fingerprint density at radius 3 is 2.80 bits per heavy atom. The number of carbonyl (C=O) groups excluding carboxylic acids is 1. The number of anilines is 1. The van der Waals surface area contributed by atoms with E-state index in [0.29, 0.717) is 6.54 Å². The average molecular weight is 271 g/mol. The van der Waals surface area contributed by atoms with E-state index in [9.17, 15) is 4.79 Å². The van der Waals surface area contributed by atoms with Crippen molar-refractivity contribution < 1.29 is 4.79 Å². The number of carbonyl (C=O) groups is 1. The first-order valence-corrected chi connectivity index (χ1v) is 5.77. The third-order valence-corrected chi connectivity index (χ3v) is 2.61. The summed E-state index contributed by atoms with van der Waals surface area (Å²) in [5.74, 6) is 0. The molecule has 0 heterocycles. The van der Waals surface area contributed by atoms with Crippen LogP contribution in [0.15, 0.2) is 28.7 Å². The fourth-order valence-electron chi connectivity index (χ4n) is 1.33. The van der Waals surface area contributed by atoms with Crippen molar-refractivity contribution in [2.45, 2.75) is 19.8 Å². The van der Waals surface area contributed by atoms with Gasteiger partial charge in [-0.25, -0.2) is 4.79 Å². The highest BCUT2D eigenvalue weighted by Crippen LogP contribution is 2.20. The summed E-state index contributed by atoms with van der Waals surface area (Å²) in [6.07, 6.45) is 1.99. The van der Waals surface area contributed by atoms with Crippen LogP contribution in [0.2, 0.25) is 0 Å². The van der Waals surface area contributed by atoms with Crippen LogP contribution in [0.3, 0.4) is 0 Å². The Bertz CT molecular complexity index is 341. The number of primary amides is 1. The number of hydrogen-bond acceptors (Lipinski definition) is 1. The second-order valence-corrected chi connectivity index (χ2v) is 4.24. The predicted molar refractivity (Wildman–Crippen MR) is 66.0 cm³/mol. The van der Waals surface area contributed by atoms with Gasteiger partial charge in [-0.05, 0) is 24.6 Å². The minimum absolute atomic E-state index is 0.401. The molecule has 0 atom stereocenters. The Balaban J connectivity index is 2.84. The summed E-state index contributed by atoms with van der Waals surface area (Å²) in [5.41, 5.74) is 6.17. The molecule has 0 saturated heterocycles. The molecule has 0 aliphatic carbocycles. The van der Waals surface area contributed by atoms with Gasteiger partial charge in [-0.3, -0.25) is 4.90 Å². The fourth-order valence-corrected chi connectivity index (χ4v) is 1.71. The van der Waals surface area contributed by atoms with Crippen LogP contribution in [-0.4, -0.2) is 12.6 Å². The summed E-state index contributed by atoms with van der Waals surface area (Å²) in [6.45, 7) is 2.75. The lowest BCUT2D eigenvalue weighted by atomic mass is 10.2. The van der Waals surface area contributed by atoms with Gasteiger partial charge in [-0.15, -0.1) is 0 Å². The zero-order valence-electron chi connectivity index (χ0n) is 8.74. The van der Waals surface area contributed by atoms with Gasteiger partial charge >= 0.3 is 6.03 Å². The van der Waals surface area contributed by atoms with Crippen molar-refractivity contribution in [2.75, 3.05) is 11.4 Å². The largest absolute Gasteiger partial charge is 0.351 e. The first-order valence-electron chi connectivity index (χ1n) is 4.97. The molecule has 0 bridgehead atoms. The highest BCUT2D eigenvalue weighted by molar-refractivity contribution is 9.10. The van der Waals surface area contributed by atoms with E-state index in [1.807, 2.05) is 24.3 Å². The smallest absolute Gasteiger partial charge is 0.319 e. The lowest BCUT2D eigenvalue weighted by molar-refractivity contribution is 0.254. The number of benzene rings is 1. The Labute approximate surface area is 98.4 Å². The number of unbranched alkanes of at least 4 members (excludes halogenated alkanes) is 1. The highest BCUT2D eigenvalue weighted by Gasteiger charge is 2.11. The van der Waals surface area contributed by atoms with E-state index >= 15 is 0 Å². The molecule has 0 spiro atoms. The summed E-state index contributed by atoms with van der Waals surface area (Å²) in [6, 6.07) is 7.18. The first kappa shape index (κ1) is 12.0. The number of hydrogen-bond donors (Lipinski definition) is 1. The van der Waals surface area contributed by atoms with Crippen LogP contribution in [0.5, 0.6) is 0 Å². The Hall–Kier alpha value is -1.03. The van der Waals surface area contributed by atoms with E-state index in [1.165, 1.54) is 0 Å². The molecule has 1 aromatic carbocycles. The summed E-state index contributed by atoms with van der Waals surface area (Å²) < 4.78 is 0.947. The minimum atomic E-state index is -0.401. The van der Waals surface area contributed by atoms with Crippen molar-refractivity contribution in [1.29, 1.82) is 0 Å². The van der Waals surface area contributed by atoms with Crippen LogP contribution >= 0.6 is 15.9 Å². The van der Waals surface area contributed by atoms with Crippen LogP contribution in [0.1, 0.15) is 19.8 Å². The maximum atomic E-state index is 11.2. The monoisotopic (exact) mass is 270 g/mol. The van der Waals surface area contributed by atoms with E-state index in [4.69, 9.17) is 5.73 Å². The van der Waals surface area contributed by atoms with Gasteiger partial charge < -0.3 is 5.73 Å². The van der Waals surface area contributed by atoms with Crippen molar-refractivity contribution >= 4 is 27.6 Å². The van der Waals surface area contributed by atoms with Crippen molar-refractivity contribution in [2.24, 2.45) is 5.73 Å². The van der Waals surface area contributed by atoms with E-state index in [-0.39, 0.29) is 0 Å². The minimum Gasteiger partial charge on any atom is -0.351 e. The standard InChI is InChI=1S/C11H15BrN2O/c1-2-3-7-14(11(13)15)10-6-4-5-9(12)8-10/h4-6,8H,2-3,7H2,1H3,(H2,13,15). The van der Waals surface area contributed by atoms with Gasteiger partial charge in [0, 0.05) is 16.7 Å². The first-order chi connectivity index (χ1) is 7.15. The lowest BCUT2D eigenvalue weighted by Gasteiger charge is -2.20. The van der Waals surface area contributed by atoms with E-state index in [2.05, 4.69) is 22.9 Å². The topological polar surface area (TPSA) is 46.3 Å². The molecule has 0 aromatic heterocycles. The van der Waals surface area contributed by atoms with Crippen molar-refractivity contribution in [3.8, 4) is 0 Å². The molecule has 82 valence electrons. The molecule has 0 fully saturated rings.